The van der Waals surface area contributed by atoms with Gasteiger partial charge in [-0.15, -0.1) is 0 Å². The van der Waals surface area contributed by atoms with Gasteiger partial charge in [0, 0.05) is 0 Å². The zero-order chi connectivity index (χ0) is 15.4. The molecule has 1 aliphatic rings. The molecule has 0 aromatic carbocycles. The molecule has 0 fully saturated rings. The molecule has 0 aromatic rings. The predicted molar refractivity (Wildman–Crippen MR) is 74.8 cm³/mol. The molecule has 0 unspecified atom stereocenters. The van der Waals surface area contributed by atoms with Gasteiger partial charge >= 0.3 is 98.2 Å². The molecule has 1 rings (SSSR count). The van der Waals surface area contributed by atoms with E-state index in [1.807, 2.05) is 0 Å². The van der Waals surface area contributed by atoms with E-state index in [-0.39, 0.29) is 26.2 Å². The minimum Gasteiger partial charge on any atom is 4.00 e. The zero-order valence-corrected chi connectivity index (χ0v) is 16.6. The molecule has 3 N–H and O–H groups in total. The van der Waals surface area contributed by atoms with Crippen molar-refractivity contribution in [2.45, 2.75) is 22.9 Å². The van der Waals surface area contributed by atoms with Gasteiger partial charge in [0.15, 0.2) is 0 Å². The van der Waals surface area contributed by atoms with E-state index >= 15 is 0 Å². The summed E-state index contributed by atoms with van der Waals surface area (Å²) in [6.45, 7) is 0. The molecule has 0 amide bonds. The first-order valence-electron chi connectivity index (χ1n) is 5.20. The Bertz CT molecular complexity index is 254. The van der Waals surface area contributed by atoms with E-state index in [2.05, 4.69) is 6.08 Å². The van der Waals surface area contributed by atoms with Crippen molar-refractivity contribution in [2.24, 2.45) is 0 Å². The molecule has 0 atom stereocenters. The predicted octanol–water partition coefficient (Wildman–Crippen LogP) is 5.03. The number of halogens is 3. The second-order valence-electron chi connectivity index (χ2n) is 3.32. The van der Waals surface area contributed by atoms with Crippen molar-refractivity contribution in [1.82, 2.24) is 0 Å². The molecule has 19 heavy (non-hydrogen) atoms. The van der Waals surface area contributed by atoms with E-state index in [0.29, 0.717) is 10.8 Å². The number of hydrogen-bond acceptors (Lipinski definition) is 0. The first-order valence-corrected chi connectivity index (χ1v) is 11.5. The van der Waals surface area contributed by atoms with E-state index in [0.717, 1.165) is 0 Å². The molecule has 0 spiro atoms. The van der Waals surface area contributed by atoms with Crippen molar-refractivity contribution in [2.75, 3.05) is 21.1 Å². The minimum atomic E-state index is -4.00. The Kier molecular flexibility index (Phi) is 21.9. The summed E-state index contributed by atoms with van der Waals surface area (Å²) in [5, 5.41) is -4.00. The van der Waals surface area contributed by atoms with Gasteiger partial charge in [0.1, 0.15) is 0 Å². The molecule has 8 heteroatoms. The molecule has 0 aromatic heterocycles. The number of rotatable bonds is 1. The summed E-state index contributed by atoms with van der Waals surface area (Å²) in [6.07, 6.45) is 6.62. The van der Waals surface area contributed by atoms with Crippen LogP contribution in [0.2, 0.25) is 11.5 Å². The molecular weight excluding hydrogens is 395 g/mol. The maximum atomic E-state index is 12.5. The van der Waals surface area contributed by atoms with Crippen molar-refractivity contribution < 1.29 is 39.4 Å². The molecule has 1 aliphatic carbocycles. The Morgan fingerprint density at radius 1 is 1.05 bits per heavy atom. The second kappa shape index (κ2) is 15.0. The molecule has 0 saturated carbocycles. The Balaban J connectivity index is -0.000000142. The molecular formula is C11H22F3GeN3Zr. The summed E-state index contributed by atoms with van der Waals surface area (Å²) in [7, 11) is 3.75. The maximum Gasteiger partial charge on any atom is 4.00 e. The molecule has 3 nitrogen and oxygen atoms in total. The molecule has 0 radical (unpaired) electrons. The summed E-state index contributed by atoms with van der Waals surface area (Å²) in [4.78, 5) is 0. The van der Waals surface area contributed by atoms with Gasteiger partial charge in [-0.2, -0.15) is 21.1 Å². The third kappa shape index (κ3) is 10.0. The van der Waals surface area contributed by atoms with Crippen LogP contribution < -0.4 is 0 Å². The summed E-state index contributed by atoms with van der Waals surface area (Å²) in [5.74, 6) is 2.72. The van der Waals surface area contributed by atoms with Gasteiger partial charge in [0.05, 0.1) is 0 Å². The monoisotopic (exact) mass is 417 g/mol. The van der Waals surface area contributed by atoms with E-state index in [1.165, 1.54) is 32.7 Å². The van der Waals surface area contributed by atoms with Gasteiger partial charge in [-0.25, -0.2) is 0 Å². The second-order valence-corrected chi connectivity index (χ2v) is 12.5. The topological polar surface area (TPSA) is 71.4 Å². The molecule has 0 heterocycles. The number of allylic oxidation sites excluding steroid dienone is 4. The third-order valence-electron chi connectivity index (χ3n) is 2.08. The first-order chi connectivity index (χ1) is 8.36. The van der Waals surface area contributed by atoms with Gasteiger partial charge < -0.3 is 17.2 Å². The van der Waals surface area contributed by atoms with Crippen molar-refractivity contribution in [3.8, 4) is 0 Å². The smallest absolute Gasteiger partial charge is 4.00 e. The van der Waals surface area contributed by atoms with Crippen molar-refractivity contribution >= 4 is 13.3 Å². The Morgan fingerprint density at radius 3 is 1.63 bits per heavy atom. The van der Waals surface area contributed by atoms with E-state index in [9.17, 15) is 13.2 Å². The van der Waals surface area contributed by atoms with E-state index < -0.39 is 18.3 Å². The summed E-state index contributed by atoms with van der Waals surface area (Å²) in [5.41, 5.74) is 17.2. The van der Waals surface area contributed by atoms with Crippen molar-refractivity contribution in [1.29, 1.82) is 0 Å². The number of hydrogen-bond donors (Lipinski definition) is 0. The Hall–Kier alpha value is 0.576. The summed E-state index contributed by atoms with van der Waals surface area (Å²) >= 11 is -3.77. The van der Waals surface area contributed by atoms with Crippen LogP contribution >= 0.6 is 0 Å². The Morgan fingerprint density at radius 2 is 1.42 bits per heavy atom. The van der Waals surface area contributed by atoms with Crippen LogP contribution in [0.1, 0.15) is 6.42 Å². The average molecular weight is 417 g/mol. The van der Waals surface area contributed by atoms with Crippen LogP contribution in [-0.4, -0.2) is 39.4 Å². The standard InChI is InChI=1S/C8H10F3Ge.3CH4N.Zr/c1-12(2,8(9,10)11)7-5-3-4-6-7;3*1-2;/h3,5H,4H2,1-2H3;3*2H,1H3;/q4*-1;+4. The normalized spacial score (nSPS) is 12.5. The SMILES string of the molecule is C[NH-].C[NH-].C[NH-].[CH3][Ge]([CH3])([C]1=[C-]CC=C1)[C](F)(F)F.[Zr+4]. The minimum absolute atomic E-state index is 0. The van der Waals surface area contributed by atoms with Crippen LogP contribution in [0.4, 0.5) is 13.2 Å². The fourth-order valence-corrected chi connectivity index (χ4v) is 3.89. The molecule has 0 bridgehead atoms. The number of nitrogens with one attached hydrogen (secondary N) is 3. The van der Waals surface area contributed by atoms with Gasteiger partial charge in [-0.1, -0.05) is 0 Å². The maximum absolute atomic E-state index is 12.5. The quantitative estimate of drug-likeness (QED) is 0.424. The van der Waals surface area contributed by atoms with E-state index in [1.54, 1.807) is 12.2 Å². The summed E-state index contributed by atoms with van der Waals surface area (Å²) in [6, 6.07) is 0. The summed E-state index contributed by atoms with van der Waals surface area (Å²) < 4.78 is 37.9. The third-order valence-corrected chi connectivity index (χ3v) is 8.60. The fraction of sp³-hybridized carbons (Fsp3) is 0.636. The van der Waals surface area contributed by atoms with Crippen LogP contribution in [0.3, 0.4) is 0 Å². The molecule has 0 aliphatic heterocycles. The van der Waals surface area contributed by atoms with E-state index in [4.69, 9.17) is 17.2 Å². The van der Waals surface area contributed by atoms with Crippen LogP contribution in [0.25, 0.3) is 17.2 Å². The van der Waals surface area contributed by atoms with Gasteiger partial charge in [0.2, 0.25) is 0 Å². The zero-order valence-electron chi connectivity index (χ0n) is 12.0. The Labute approximate surface area is 136 Å². The van der Waals surface area contributed by atoms with Crippen molar-refractivity contribution in [3.63, 3.8) is 0 Å². The van der Waals surface area contributed by atoms with Gasteiger partial charge in [-0.05, 0) is 0 Å². The largest absolute Gasteiger partial charge is 4.00 e. The van der Waals surface area contributed by atoms with Crippen LogP contribution in [0, 0.1) is 6.08 Å². The van der Waals surface area contributed by atoms with Crippen LogP contribution in [0.5, 0.6) is 0 Å². The molecule has 0 saturated heterocycles. The first kappa shape index (κ1) is 27.8. The van der Waals surface area contributed by atoms with Gasteiger partial charge in [0.25, 0.3) is 0 Å². The van der Waals surface area contributed by atoms with Gasteiger partial charge in [-0.3, -0.25) is 0 Å². The average Bonchev–Trinajstić information content (AvgIpc) is 2.89. The molecule has 110 valence electrons. The fourth-order valence-electron chi connectivity index (χ4n) is 0.987. The van der Waals surface area contributed by atoms with Crippen LogP contribution in [-0.2, 0) is 26.2 Å². The van der Waals surface area contributed by atoms with Crippen LogP contribution in [0.15, 0.2) is 16.6 Å². The van der Waals surface area contributed by atoms with Crippen molar-refractivity contribution in [3.05, 3.63) is 39.8 Å². The number of alkyl halides is 3.